The van der Waals surface area contributed by atoms with Gasteiger partial charge in [-0.1, -0.05) is 74.5 Å². The van der Waals surface area contributed by atoms with Gasteiger partial charge in [-0.3, -0.25) is 9.59 Å². The topological polar surface area (TPSA) is 108 Å². The third-order valence-corrected chi connectivity index (χ3v) is 5.92. The van der Waals surface area contributed by atoms with Gasteiger partial charge in [0.2, 0.25) is 5.91 Å². The molecular weight excluding hydrogens is 482 g/mol. The number of hydrogen-bond acceptors (Lipinski definition) is 5. The van der Waals surface area contributed by atoms with Crippen molar-refractivity contribution in [2.75, 3.05) is 18.5 Å². The number of benzene rings is 3. The van der Waals surface area contributed by atoms with Crippen molar-refractivity contribution in [2.24, 2.45) is 5.92 Å². The predicted octanol–water partition coefficient (Wildman–Crippen LogP) is 4.89. The maximum atomic E-state index is 13.9. The molecule has 3 rings (SSSR count). The van der Waals surface area contributed by atoms with E-state index in [9.17, 15) is 19.5 Å². The number of aliphatic hydroxyl groups is 1. The van der Waals surface area contributed by atoms with E-state index < -0.39 is 35.6 Å². The van der Waals surface area contributed by atoms with Crippen molar-refractivity contribution in [3.05, 3.63) is 78.4 Å². The Kier molecular flexibility index (Phi) is 9.47. The Labute approximate surface area is 224 Å². The molecule has 0 saturated heterocycles. The number of carbonyl (C=O) groups excluding carboxylic acids is 3. The minimum atomic E-state index is -1.05. The Morgan fingerprint density at radius 3 is 2.16 bits per heavy atom. The maximum absolute atomic E-state index is 13.9. The molecule has 3 aromatic carbocycles. The second-order valence-electron chi connectivity index (χ2n) is 10.5. The predicted molar refractivity (Wildman–Crippen MR) is 149 cm³/mol. The van der Waals surface area contributed by atoms with Gasteiger partial charge >= 0.3 is 6.09 Å². The van der Waals surface area contributed by atoms with Crippen LogP contribution in [0.25, 0.3) is 10.8 Å². The number of carbonyl (C=O) groups is 3. The molecule has 0 spiro atoms. The summed E-state index contributed by atoms with van der Waals surface area (Å²) in [7, 11) is 0. The van der Waals surface area contributed by atoms with Gasteiger partial charge in [0, 0.05) is 12.2 Å². The number of hydrogen-bond donors (Lipinski definition) is 3. The van der Waals surface area contributed by atoms with Crippen LogP contribution < -0.4 is 10.6 Å². The van der Waals surface area contributed by atoms with Crippen LogP contribution in [0.4, 0.5) is 10.5 Å². The summed E-state index contributed by atoms with van der Waals surface area (Å²) in [6, 6.07) is 20.3. The van der Waals surface area contributed by atoms with Crippen LogP contribution in [0.15, 0.2) is 72.8 Å². The zero-order chi connectivity index (χ0) is 27.9. The zero-order valence-corrected chi connectivity index (χ0v) is 22.6. The summed E-state index contributed by atoms with van der Waals surface area (Å²) in [5.41, 5.74) is 0.414. The lowest BCUT2D eigenvalue weighted by atomic mass is 9.98. The van der Waals surface area contributed by atoms with Gasteiger partial charge < -0.3 is 25.4 Å². The number of ether oxygens (including phenoxy) is 1. The van der Waals surface area contributed by atoms with Crippen LogP contribution in [0.5, 0.6) is 0 Å². The van der Waals surface area contributed by atoms with Gasteiger partial charge in [-0.2, -0.15) is 0 Å². The molecule has 3 amide bonds. The quantitative estimate of drug-likeness (QED) is 0.373. The number of anilines is 1. The summed E-state index contributed by atoms with van der Waals surface area (Å²) in [4.78, 5) is 41.5. The number of alkyl carbamates (subject to hydrolysis) is 1. The Morgan fingerprint density at radius 2 is 1.55 bits per heavy atom. The monoisotopic (exact) mass is 519 g/mol. The molecule has 8 nitrogen and oxygen atoms in total. The number of rotatable bonds is 9. The van der Waals surface area contributed by atoms with Crippen molar-refractivity contribution < 1.29 is 24.2 Å². The number of fused-ring (bicyclic) bond motifs is 1. The second kappa shape index (κ2) is 12.6. The molecule has 3 N–H and O–H groups in total. The van der Waals surface area contributed by atoms with Crippen LogP contribution in [0.1, 0.15) is 46.2 Å². The average Bonchev–Trinajstić information content (AvgIpc) is 2.86. The molecule has 0 fully saturated rings. The van der Waals surface area contributed by atoms with Gasteiger partial charge in [0.1, 0.15) is 17.7 Å². The second-order valence-corrected chi connectivity index (χ2v) is 10.5. The average molecular weight is 520 g/mol. The number of aliphatic hydroxyl groups excluding tert-OH is 1. The van der Waals surface area contributed by atoms with Crippen molar-refractivity contribution in [3.63, 3.8) is 0 Å². The van der Waals surface area contributed by atoms with Crippen molar-refractivity contribution in [3.8, 4) is 0 Å². The molecule has 0 saturated carbocycles. The summed E-state index contributed by atoms with van der Waals surface area (Å²) in [5.74, 6) is -1.24. The molecule has 0 aliphatic rings. The summed E-state index contributed by atoms with van der Waals surface area (Å²) in [6.45, 7) is 8.32. The summed E-state index contributed by atoms with van der Waals surface area (Å²) >= 11 is 0. The van der Waals surface area contributed by atoms with E-state index in [0.29, 0.717) is 11.3 Å². The maximum Gasteiger partial charge on any atom is 0.408 e. The fourth-order valence-electron chi connectivity index (χ4n) is 4.19. The summed E-state index contributed by atoms with van der Waals surface area (Å²) in [6.07, 6.45) is -0.731. The smallest absolute Gasteiger partial charge is 0.408 e. The number of nitrogens with zero attached hydrogens (tertiary/aromatic N) is 1. The van der Waals surface area contributed by atoms with E-state index in [4.69, 9.17) is 4.74 Å². The molecule has 8 heteroatoms. The molecule has 0 aliphatic carbocycles. The first-order valence-corrected chi connectivity index (χ1v) is 12.8. The standard InChI is InChI=1S/C30H37N3O5/c1-20(2)25(32-29(37)38-30(3,4)5)28(36)33(17-18-34)26(22-12-7-6-8-13-22)27(35)31-24-16-15-21-11-9-10-14-23(21)19-24/h6-16,19-20,25-26,34H,17-18H2,1-5H3,(H,31,35)(H,32,37). The molecule has 0 heterocycles. The highest BCUT2D eigenvalue weighted by atomic mass is 16.6. The molecule has 0 radical (unpaired) electrons. The lowest BCUT2D eigenvalue weighted by molar-refractivity contribution is -0.142. The lowest BCUT2D eigenvalue weighted by Gasteiger charge is -2.35. The highest BCUT2D eigenvalue weighted by molar-refractivity contribution is 6.00. The lowest BCUT2D eigenvalue weighted by Crippen LogP contribution is -2.55. The van der Waals surface area contributed by atoms with Crippen LogP contribution in [0.2, 0.25) is 0 Å². The third-order valence-electron chi connectivity index (χ3n) is 5.92. The van der Waals surface area contributed by atoms with Crippen LogP contribution in [0.3, 0.4) is 0 Å². The van der Waals surface area contributed by atoms with E-state index >= 15 is 0 Å². The Balaban J connectivity index is 1.95. The molecule has 0 bridgehead atoms. The first-order chi connectivity index (χ1) is 18.0. The van der Waals surface area contributed by atoms with Gasteiger partial charge in [-0.15, -0.1) is 0 Å². The van der Waals surface area contributed by atoms with E-state index in [1.165, 1.54) is 4.90 Å². The number of amides is 3. The molecule has 2 unspecified atom stereocenters. The highest BCUT2D eigenvalue weighted by Gasteiger charge is 2.37. The molecule has 0 aromatic heterocycles. The van der Waals surface area contributed by atoms with Crippen LogP contribution in [-0.2, 0) is 14.3 Å². The van der Waals surface area contributed by atoms with Crippen molar-refractivity contribution in [1.29, 1.82) is 0 Å². The summed E-state index contributed by atoms with van der Waals surface area (Å²) < 4.78 is 5.37. The Morgan fingerprint density at radius 1 is 0.921 bits per heavy atom. The fourth-order valence-corrected chi connectivity index (χ4v) is 4.19. The van der Waals surface area contributed by atoms with E-state index in [0.717, 1.165) is 10.8 Å². The van der Waals surface area contributed by atoms with Gasteiger partial charge in [0.25, 0.3) is 5.91 Å². The molecule has 38 heavy (non-hydrogen) atoms. The van der Waals surface area contributed by atoms with Gasteiger partial charge in [-0.05, 0) is 55.2 Å². The van der Waals surface area contributed by atoms with Crippen molar-refractivity contribution in [1.82, 2.24) is 10.2 Å². The molecule has 3 aromatic rings. The first-order valence-electron chi connectivity index (χ1n) is 12.8. The van der Waals surface area contributed by atoms with Gasteiger partial charge in [0.15, 0.2) is 0 Å². The zero-order valence-electron chi connectivity index (χ0n) is 22.6. The largest absolute Gasteiger partial charge is 0.444 e. The molecular formula is C30H37N3O5. The van der Waals surface area contributed by atoms with Crippen molar-refractivity contribution >= 4 is 34.4 Å². The highest BCUT2D eigenvalue weighted by Crippen LogP contribution is 2.26. The summed E-state index contributed by atoms with van der Waals surface area (Å²) in [5, 5.41) is 17.5. The van der Waals surface area contributed by atoms with E-state index in [1.54, 1.807) is 58.9 Å². The normalized spacial score (nSPS) is 13.0. The van der Waals surface area contributed by atoms with Crippen molar-refractivity contribution in [2.45, 2.75) is 52.3 Å². The van der Waals surface area contributed by atoms with Gasteiger partial charge in [-0.25, -0.2) is 4.79 Å². The Hall–Kier alpha value is -3.91. The fraction of sp³-hybridized carbons (Fsp3) is 0.367. The third kappa shape index (κ3) is 7.55. The van der Waals surface area contributed by atoms with Crippen LogP contribution in [0, 0.1) is 5.92 Å². The van der Waals surface area contributed by atoms with Crippen LogP contribution in [-0.4, -0.2) is 52.7 Å². The minimum Gasteiger partial charge on any atom is -0.444 e. The SMILES string of the molecule is CC(C)C(NC(=O)OC(C)(C)C)C(=O)N(CCO)C(C(=O)Nc1ccc2ccccc2c1)c1ccccc1. The molecule has 0 aliphatic heterocycles. The van der Waals surface area contributed by atoms with Crippen LogP contribution >= 0.6 is 0 Å². The van der Waals surface area contributed by atoms with E-state index in [-0.39, 0.29) is 19.1 Å². The molecule has 202 valence electrons. The number of nitrogens with one attached hydrogen (secondary N) is 2. The first kappa shape index (κ1) is 28.7. The Bertz CT molecular complexity index is 1250. The van der Waals surface area contributed by atoms with E-state index in [1.807, 2.05) is 48.5 Å². The van der Waals surface area contributed by atoms with Gasteiger partial charge in [0.05, 0.1) is 6.61 Å². The molecule has 2 atom stereocenters. The minimum absolute atomic E-state index is 0.108. The van der Waals surface area contributed by atoms with E-state index in [2.05, 4.69) is 10.6 Å².